The molecule has 0 atom stereocenters. The third kappa shape index (κ3) is 4.20. The molecule has 1 amide bonds. The molecule has 0 N–H and O–H groups in total. The molecule has 1 aromatic heterocycles. The third-order valence-corrected chi connectivity index (χ3v) is 4.21. The quantitative estimate of drug-likeness (QED) is 0.642. The van der Waals surface area contributed by atoms with Gasteiger partial charge in [0.25, 0.3) is 5.91 Å². The van der Waals surface area contributed by atoms with Crippen LogP contribution in [-0.4, -0.2) is 42.2 Å². The molecule has 0 spiro atoms. The molecule has 3 rings (SSSR count). The lowest BCUT2D eigenvalue weighted by molar-refractivity contribution is 0.0769. The van der Waals surface area contributed by atoms with Crippen molar-refractivity contribution < 1.29 is 18.8 Å². The van der Waals surface area contributed by atoms with E-state index in [2.05, 4.69) is 10.1 Å². The first-order valence-electron chi connectivity index (χ1n) is 8.08. The SMILES string of the molecule is COc1cccc(-c2noc(CN(C)C(=O)c3ccc(OC)c(Cl)c3)n2)c1. The van der Waals surface area contributed by atoms with Crippen LogP contribution in [0.2, 0.25) is 5.02 Å². The normalized spacial score (nSPS) is 10.5. The number of halogens is 1. The van der Waals surface area contributed by atoms with Gasteiger partial charge in [-0.25, -0.2) is 0 Å². The van der Waals surface area contributed by atoms with E-state index in [1.165, 1.54) is 12.0 Å². The molecule has 0 aliphatic carbocycles. The lowest BCUT2D eigenvalue weighted by Gasteiger charge is -2.15. The number of amides is 1. The van der Waals surface area contributed by atoms with Gasteiger partial charge in [-0.05, 0) is 30.3 Å². The highest BCUT2D eigenvalue weighted by molar-refractivity contribution is 6.32. The molecule has 0 radical (unpaired) electrons. The van der Waals surface area contributed by atoms with Crippen LogP contribution in [0.3, 0.4) is 0 Å². The minimum atomic E-state index is -0.222. The molecule has 0 fully saturated rings. The summed E-state index contributed by atoms with van der Waals surface area (Å²) in [5, 5.41) is 4.34. The molecule has 0 saturated heterocycles. The summed E-state index contributed by atoms with van der Waals surface area (Å²) in [4.78, 5) is 18.4. The summed E-state index contributed by atoms with van der Waals surface area (Å²) in [6, 6.07) is 12.2. The molecule has 0 aliphatic heterocycles. The molecule has 1 heterocycles. The lowest BCUT2D eigenvalue weighted by Crippen LogP contribution is -2.26. The van der Waals surface area contributed by atoms with Crippen LogP contribution in [0.5, 0.6) is 11.5 Å². The van der Waals surface area contributed by atoms with E-state index in [-0.39, 0.29) is 12.5 Å². The summed E-state index contributed by atoms with van der Waals surface area (Å²) < 4.78 is 15.6. The van der Waals surface area contributed by atoms with E-state index in [0.717, 1.165) is 5.56 Å². The standard InChI is InChI=1S/C19H18ClN3O4/c1-23(19(24)13-7-8-16(26-3)15(20)10-13)11-17-21-18(22-27-17)12-5-4-6-14(9-12)25-2/h4-10H,11H2,1-3H3. The van der Waals surface area contributed by atoms with Crippen molar-refractivity contribution in [1.29, 1.82) is 0 Å². The zero-order valence-corrected chi connectivity index (χ0v) is 15.9. The number of benzene rings is 2. The van der Waals surface area contributed by atoms with Gasteiger partial charge in [-0.2, -0.15) is 4.98 Å². The van der Waals surface area contributed by atoms with Crippen molar-refractivity contribution >= 4 is 17.5 Å². The maximum absolute atomic E-state index is 12.6. The Bertz CT molecular complexity index is 958. The molecular formula is C19H18ClN3O4. The van der Waals surface area contributed by atoms with Crippen LogP contribution in [-0.2, 0) is 6.54 Å². The fourth-order valence-electron chi connectivity index (χ4n) is 2.49. The van der Waals surface area contributed by atoms with Crippen LogP contribution in [0.4, 0.5) is 0 Å². The van der Waals surface area contributed by atoms with Crippen molar-refractivity contribution in [1.82, 2.24) is 15.0 Å². The van der Waals surface area contributed by atoms with Crippen molar-refractivity contribution in [2.45, 2.75) is 6.54 Å². The first-order chi connectivity index (χ1) is 13.0. The molecule has 0 aliphatic rings. The van der Waals surface area contributed by atoms with E-state index in [4.69, 9.17) is 25.6 Å². The zero-order chi connectivity index (χ0) is 19.4. The summed E-state index contributed by atoms with van der Waals surface area (Å²) in [5.74, 6) is 1.74. The molecule has 2 aromatic carbocycles. The van der Waals surface area contributed by atoms with E-state index in [1.54, 1.807) is 32.4 Å². The number of carbonyl (C=O) groups excluding carboxylic acids is 1. The Kier molecular flexibility index (Phi) is 5.61. The number of ether oxygens (including phenoxy) is 2. The number of nitrogens with zero attached hydrogens (tertiary/aromatic N) is 3. The zero-order valence-electron chi connectivity index (χ0n) is 15.1. The Labute approximate surface area is 161 Å². The van der Waals surface area contributed by atoms with Crippen molar-refractivity contribution in [2.24, 2.45) is 0 Å². The molecule has 0 saturated carbocycles. The van der Waals surface area contributed by atoms with E-state index in [1.807, 2.05) is 24.3 Å². The number of methoxy groups -OCH3 is 2. The van der Waals surface area contributed by atoms with Gasteiger partial charge in [0, 0.05) is 18.2 Å². The van der Waals surface area contributed by atoms with Gasteiger partial charge in [-0.3, -0.25) is 4.79 Å². The lowest BCUT2D eigenvalue weighted by atomic mass is 10.2. The van der Waals surface area contributed by atoms with Crippen molar-refractivity contribution in [2.75, 3.05) is 21.3 Å². The Balaban J connectivity index is 1.72. The molecule has 7 nitrogen and oxygen atoms in total. The second-order valence-corrected chi connectivity index (χ2v) is 6.16. The molecule has 0 unspecified atom stereocenters. The molecule has 8 heteroatoms. The molecular weight excluding hydrogens is 370 g/mol. The van der Waals surface area contributed by atoms with Crippen LogP contribution < -0.4 is 9.47 Å². The first kappa shape index (κ1) is 18.7. The van der Waals surface area contributed by atoms with Crippen LogP contribution in [0.25, 0.3) is 11.4 Å². The van der Waals surface area contributed by atoms with Gasteiger partial charge in [-0.15, -0.1) is 0 Å². The Morgan fingerprint density at radius 1 is 1.19 bits per heavy atom. The number of hydrogen-bond acceptors (Lipinski definition) is 6. The highest BCUT2D eigenvalue weighted by atomic mass is 35.5. The fraction of sp³-hybridized carbons (Fsp3) is 0.211. The van der Waals surface area contributed by atoms with Gasteiger partial charge in [0.05, 0.1) is 25.8 Å². The van der Waals surface area contributed by atoms with Crippen LogP contribution in [0, 0.1) is 0 Å². The minimum Gasteiger partial charge on any atom is -0.497 e. The predicted octanol–water partition coefficient (Wildman–Crippen LogP) is 3.68. The van der Waals surface area contributed by atoms with Gasteiger partial charge < -0.3 is 18.9 Å². The van der Waals surface area contributed by atoms with Gasteiger partial charge >= 0.3 is 0 Å². The minimum absolute atomic E-state index is 0.166. The second-order valence-electron chi connectivity index (χ2n) is 5.75. The Hall–Kier alpha value is -3.06. The van der Waals surface area contributed by atoms with Gasteiger partial charge in [0.2, 0.25) is 11.7 Å². The van der Waals surface area contributed by atoms with E-state index < -0.39 is 0 Å². The molecule has 3 aromatic rings. The summed E-state index contributed by atoms with van der Waals surface area (Å²) in [6.07, 6.45) is 0. The molecule has 27 heavy (non-hydrogen) atoms. The van der Waals surface area contributed by atoms with Gasteiger partial charge in [0.1, 0.15) is 11.5 Å². The van der Waals surface area contributed by atoms with Crippen molar-refractivity contribution in [3.8, 4) is 22.9 Å². The summed E-state index contributed by atoms with van der Waals surface area (Å²) >= 11 is 6.09. The Morgan fingerprint density at radius 3 is 2.70 bits per heavy atom. The topological polar surface area (TPSA) is 77.7 Å². The van der Waals surface area contributed by atoms with Crippen molar-refractivity contribution in [3.05, 3.63) is 58.9 Å². The summed E-state index contributed by atoms with van der Waals surface area (Å²) in [5.41, 5.74) is 1.20. The maximum Gasteiger partial charge on any atom is 0.254 e. The van der Waals surface area contributed by atoms with E-state index in [9.17, 15) is 4.79 Å². The summed E-state index contributed by atoms with van der Waals surface area (Å²) in [6.45, 7) is 0.166. The van der Waals surface area contributed by atoms with Crippen molar-refractivity contribution in [3.63, 3.8) is 0 Å². The first-order valence-corrected chi connectivity index (χ1v) is 8.45. The predicted molar refractivity (Wildman–Crippen MR) is 100 cm³/mol. The van der Waals surface area contributed by atoms with Crippen LogP contribution in [0.15, 0.2) is 47.0 Å². The average Bonchev–Trinajstić information content (AvgIpc) is 3.15. The Morgan fingerprint density at radius 2 is 2.00 bits per heavy atom. The smallest absolute Gasteiger partial charge is 0.254 e. The highest BCUT2D eigenvalue weighted by Crippen LogP contribution is 2.26. The largest absolute Gasteiger partial charge is 0.497 e. The van der Waals surface area contributed by atoms with E-state index in [0.29, 0.717) is 33.8 Å². The molecule has 140 valence electrons. The van der Waals surface area contributed by atoms with E-state index >= 15 is 0 Å². The van der Waals surface area contributed by atoms with Gasteiger partial charge in [-0.1, -0.05) is 28.9 Å². The maximum atomic E-state index is 12.6. The highest BCUT2D eigenvalue weighted by Gasteiger charge is 2.17. The monoisotopic (exact) mass is 387 g/mol. The van der Waals surface area contributed by atoms with Crippen LogP contribution in [0.1, 0.15) is 16.2 Å². The summed E-state index contributed by atoms with van der Waals surface area (Å²) in [7, 11) is 4.76. The number of aromatic nitrogens is 2. The third-order valence-electron chi connectivity index (χ3n) is 3.91. The van der Waals surface area contributed by atoms with Gasteiger partial charge in [0.15, 0.2) is 0 Å². The number of hydrogen-bond donors (Lipinski definition) is 0. The molecule has 0 bridgehead atoms. The number of rotatable bonds is 6. The fourth-order valence-corrected chi connectivity index (χ4v) is 2.75. The average molecular weight is 388 g/mol. The second kappa shape index (κ2) is 8.09. The van der Waals surface area contributed by atoms with Crippen LogP contribution >= 0.6 is 11.6 Å². The number of carbonyl (C=O) groups is 1.